The molecule has 0 heterocycles. The molecule has 1 atom stereocenters. The number of carbonyl (C=O) groups excluding carboxylic acids is 1. The molecule has 1 N–H and O–H groups in total. The van der Waals surface area contributed by atoms with Crippen molar-refractivity contribution in [2.45, 2.75) is 11.2 Å². The largest absolute Gasteiger partial charge is 0.285 e. The van der Waals surface area contributed by atoms with Gasteiger partial charge in [-0.25, -0.2) is 0 Å². The molecule has 0 spiro atoms. The lowest BCUT2D eigenvalue weighted by Crippen LogP contribution is -2.34. The summed E-state index contributed by atoms with van der Waals surface area (Å²) in [4.78, 5) is 11.6. The smallest absolute Gasteiger partial charge is 0.277 e. The number of benzene rings is 2. The van der Waals surface area contributed by atoms with E-state index in [2.05, 4.69) is 0 Å². The molecule has 0 saturated heterocycles. The first-order valence-corrected chi connectivity index (χ1v) is 8.05. The van der Waals surface area contributed by atoms with Crippen molar-refractivity contribution in [1.29, 1.82) is 0 Å². The molecule has 4 nitrogen and oxygen atoms in total. The lowest BCUT2D eigenvalue weighted by molar-refractivity contribution is -0.111. The van der Waals surface area contributed by atoms with Crippen molar-refractivity contribution in [3.63, 3.8) is 0 Å². The first-order chi connectivity index (χ1) is 9.91. The van der Waals surface area contributed by atoms with Gasteiger partial charge in [-0.2, -0.15) is 8.42 Å². The van der Waals surface area contributed by atoms with Gasteiger partial charge in [-0.3, -0.25) is 9.35 Å². The highest BCUT2D eigenvalue weighted by atomic mass is 35.5. The Kier molecular flexibility index (Phi) is 4.77. The van der Waals surface area contributed by atoms with Crippen LogP contribution in [0, 0.1) is 0 Å². The van der Waals surface area contributed by atoms with Gasteiger partial charge in [0.1, 0.15) is 0 Å². The fraction of sp³-hybridized carbons (Fsp3) is 0.133. The minimum Gasteiger partial charge on any atom is -0.285 e. The topological polar surface area (TPSA) is 71.4 Å². The predicted octanol–water partition coefficient (Wildman–Crippen LogP) is 2.84. The van der Waals surface area contributed by atoms with E-state index in [0.29, 0.717) is 11.1 Å². The van der Waals surface area contributed by atoms with Gasteiger partial charge in [-0.15, -0.1) is 0 Å². The Hall–Kier alpha value is -1.69. The van der Waals surface area contributed by atoms with Crippen LogP contribution in [0.5, 0.6) is 0 Å². The van der Waals surface area contributed by atoms with Gasteiger partial charge in [0.2, 0.25) is 5.24 Å². The molecule has 21 heavy (non-hydrogen) atoms. The van der Waals surface area contributed by atoms with E-state index in [9.17, 15) is 17.8 Å². The van der Waals surface area contributed by atoms with Gasteiger partial charge in [0, 0.05) is 5.92 Å². The molecule has 0 aromatic heterocycles. The van der Waals surface area contributed by atoms with Crippen LogP contribution >= 0.6 is 11.6 Å². The third-order valence-corrected chi connectivity index (χ3v) is 4.66. The molecule has 0 radical (unpaired) electrons. The molecular formula is C15H13ClO4S. The molecule has 0 aliphatic carbocycles. The zero-order valence-electron chi connectivity index (χ0n) is 10.9. The number of carbonyl (C=O) groups is 1. The van der Waals surface area contributed by atoms with Gasteiger partial charge in [0.15, 0.2) is 5.25 Å². The summed E-state index contributed by atoms with van der Waals surface area (Å²) in [6.07, 6.45) is 0. The highest BCUT2D eigenvalue weighted by molar-refractivity contribution is 7.87. The standard InChI is InChI=1S/C15H13ClO4S/c16-15(17)14(21(18,19)20)13(11-7-3-1-4-8-11)12-9-5-2-6-10-12/h1-10,13-14H,(H,18,19,20). The highest BCUT2D eigenvalue weighted by Gasteiger charge is 2.39. The molecule has 110 valence electrons. The summed E-state index contributed by atoms with van der Waals surface area (Å²) in [5.74, 6) is -0.868. The average molecular weight is 325 g/mol. The summed E-state index contributed by atoms with van der Waals surface area (Å²) in [6.45, 7) is 0. The molecule has 0 aliphatic heterocycles. The van der Waals surface area contributed by atoms with Crippen molar-refractivity contribution in [1.82, 2.24) is 0 Å². The van der Waals surface area contributed by atoms with Crippen LogP contribution in [-0.2, 0) is 14.9 Å². The minimum absolute atomic E-state index is 0.584. The van der Waals surface area contributed by atoms with E-state index in [4.69, 9.17) is 11.6 Å². The Bertz CT molecular complexity index is 674. The van der Waals surface area contributed by atoms with Crippen LogP contribution in [0.1, 0.15) is 17.0 Å². The van der Waals surface area contributed by atoms with Crippen molar-refractivity contribution in [3.8, 4) is 0 Å². The van der Waals surface area contributed by atoms with Gasteiger partial charge < -0.3 is 0 Å². The quantitative estimate of drug-likeness (QED) is 0.678. The summed E-state index contributed by atoms with van der Waals surface area (Å²) in [5.41, 5.74) is 1.17. The van der Waals surface area contributed by atoms with E-state index in [1.54, 1.807) is 60.7 Å². The molecule has 6 heteroatoms. The molecule has 0 saturated carbocycles. The van der Waals surface area contributed by atoms with Gasteiger partial charge in [-0.1, -0.05) is 60.7 Å². The lowest BCUT2D eigenvalue weighted by atomic mass is 9.88. The summed E-state index contributed by atoms with van der Waals surface area (Å²) in [5, 5.41) is -2.86. The third-order valence-electron chi connectivity index (χ3n) is 3.16. The molecule has 2 aromatic rings. The van der Waals surface area contributed by atoms with Crippen LogP contribution < -0.4 is 0 Å². The molecule has 1 unspecified atom stereocenters. The van der Waals surface area contributed by atoms with E-state index in [1.807, 2.05) is 0 Å². The number of hydrogen-bond donors (Lipinski definition) is 1. The van der Waals surface area contributed by atoms with Gasteiger partial charge in [-0.05, 0) is 22.7 Å². The van der Waals surface area contributed by atoms with Crippen LogP contribution in [0.15, 0.2) is 60.7 Å². The second-order valence-electron chi connectivity index (χ2n) is 4.54. The summed E-state index contributed by atoms with van der Waals surface area (Å²) < 4.78 is 32.6. The van der Waals surface area contributed by atoms with E-state index in [1.165, 1.54) is 0 Å². The molecule has 2 rings (SSSR count). The van der Waals surface area contributed by atoms with E-state index < -0.39 is 26.5 Å². The lowest BCUT2D eigenvalue weighted by Gasteiger charge is -2.23. The monoisotopic (exact) mass is 324 g/mol. The summed E-state index contributed by atoms with van der Waals surface area (Å²) in [6, 6.07) is 17.2. The molecule has 0 aliphatic rings. The van der Waals surface area contributed by atoms with Crippen molar-refractivity contribution in [3.05, 3.63) is 71.8 Å². The van der Waals surface area contributed by atoms with Crippen molar-refractivity contribution >= 4 is 27.0 Å². The molecule has 0 fully saturated rings. The van der Waals surface area contributed by atoms with Gasteiger partial charge >= 0.3 is 0 Å². The Morgan fingerprint density at radius 3 is 1.57 bits per heavy atom. The van der Waals surface area contributed by atoms with Crippen LogP contribution in [0.3, 0.4) is 0 Å². The maximum absolute atomic E-state index is 11.6. The third kappa shape index (κ3) is 3.69. The highest BCUT2D eigenvalue weighted by Crippen LogP contribution is 2.32. The zero-order chi connectivity index (χ0) is 15.5. The second kappa shape index (κ2) is 6.39. The maximum Gasteiger partial charge on any atom is 0.277 e. The van der Waals surface area contributed by atoms with Crippen LogP contribution in [0.25, 0.3) is 0 Å². The average Bonchev–Trinajstić information content (AvgIpc) is 2.44. The Morgan fingerprint density at radius 1 is 0.905 bits per heavy atom. The SMILES string of the molecule is O=C(Cl)C(C(c1ccccc1)c1ccccc1)S(=O)(=O)O. The van der Waals surface area contributed by atoms with Crippen molar-refractivity contribution < 1.29 is 17.8 Å². The maximum atomic E-state index is 11.6. The zero-order valence-corrected chi connectivity index (χ0v) is 12.5. The van der Waals surface area contributed by atoms with E-state index >= 15 is 0 Å². The van der Waals surface area contributed by atoms with Gasteiger partial charge in [0.05, 0.1) is 0 Å². The second-order valence-corrected chi connectivity index (χ2v) is 6.45. The fourth-order valence-corrected chi connectivity index (χ4v) is 3.64. The Labute approximate surface area is 128 Å². The van der Waals surface area contributed by atoms with Crippen LogP contribution in [-0.4, -0.2) is 23.5 Å². The van der Waals surface area contributed by atoms with E-state index in [-0.39, 0.29) is 0 Å². The number of rotatable bonds is 5. The van der Waals surface area contributed by atoms with Crippen molar-refractivity contribution in [2.75, 3.05) is 0 Å². The van der Waals surface area contributed by atoms with Crippen LogP contribution in [0.4, 0.5) is 0 Å². The van der Waals surface area contributed by atoms with Gasteiger partial charge in [0.25, 0.3) is 10.1 Å². The molecular weight excluding hydrogens is 312 g/mol. The molecule has 2 aromatic carbocycles. The Balaban J connectivity index is 2.64. The summed E-state index contributed by atoms with van der Waals surface area (Å²) >= 11 is 5.44. The van der Waals surface area contributed by atoms with E-state index in [0.717, 1.165) is 0 Å². The molecule has 0 bridgehead atoms. The first kappa shape index (κ1) is 15.7. The van der Waals surface area contributed by atoms with Crippen molar-refractivity contribution in [2.24, 2.45) is 0 Å². The summed E-state index contributed by atoms with van der Waals surface area (Å²) in [7, 11) is -4.64. The Morgan fingerprint density at radius 2 is 1.29 bits per heavy atom. The van der Waals surface area contributed by atoms with Crippen LogP contribution in [0.2, 0.25) is 0 Å². The first-order valence-electron chi connectivity index (χ1n) is 6.17. The normalized spacial score (nSPS) is 13.1. The fourth-order valence-electron chi connectivity index (χ4n) is 2.28. The number of halogens is 1. The number of hydrogen-bond acceptors (Lipinski definition) is 3. The predicted molar refractivity (Wildman–Crippen MR) is 80.9 cm³/mol. The minimum atomic E-state index is -4.64. The molecule has 0 amide bonds.